The van der Waals surface area contributed by atoms with Gasteiger partial charge in [0.05, 0.1) is 11.5 Å². The predicted octanol–water partition coefficient (Wildman–Crippen LogP) is 1.46. The maximum absolute atomic E-state index is 12.5. The number of nitrogens with zero attached hydrogens (tertiary/aromatic N) is 1. The minimum absolute atomic E-state index is 0.0463. The second-order valence-electron chi connectivity index (χ2n) is 4.83. The van der Waals surface area contributed by atoms with Crippen molar-refractivity contribution in [2.75, 3.05) is 6.54 Å². The van der Waals surface area contributed by atoms with Gasteiger partial charge < -0.3 is 10.1 Å². The molecule has 0 amide bonds. The van der Waals surface area contributed by atoms with Gasteiger partial charge in [0, 0.05) is 24.5 Å². The van der Waals surface area contributed by atoms with Crippen molar-refractivity contribution in [1.29, 1.82) is 0 Å². The molecule has 0 aromatic carbocycles. The van der Waals surface area contributed by atoms with Crippen LogP contribution in [0, 0.1) is 0 Å². The van der Waals surface area contributed by atoms with Gasteiger partial charge >= 0.3 is 0 Å². The molecule has 0 radical (unpaired) electrons. The van der Waals surface area contributed by atoms with E-state index in [9.17, 15) is 8.42 Å². The maximum Gasteiger partial charge on any atom is 0.244 e. The number of hydrogen-bond donors (Lipinski definition) is 2. The number of H-pyrrole nitrogens is 1. The highest BCUT2D eigenvalue weighted by atomic mass is 32.2. The molecular weight excluding hydrogens is 252 g/mol. The van der Waals surface area contributed by atoms with E-state index in [4.69, 9.17) is 5.11 Å². The van der Waals surface area contributed by atoms with Gasteiger partial charge in [-0.25, -0.2) is 8.42 Å². The molecule has 2 heterocycles. The van der Waals surface area contributed by atoms with Gasteiger partial charge in [-0.3, -0.25) is 0 Å². The van der Waals surface area contributed by atoms with Crippen LogP contribution in [-0.4, -0.2) is 35.4 Å². The van der Waals surface area contributed by atoms with E-state index in [-0.39, 0.29) is 17.5 Å². The summed E-state index contributed by atoms with van der Waals surface area (Å²) in [6.07, 6.45) is 5.46. The lowest BCUT2D eigenvalue weighted by Gasteiger charge is -2.25. The average molecular weight is 272 g/mol. The Balaban J connectivity index is 2.28. The molecule has 2 N–H and O–H groups in total. The third-order valence-electron chi connectivity index (χ3n) is 3.49. The summed E-state index contributed by atoms with van der Waals surface area (Å²) >= 11 is 0. The summed E-state index contributed by atoms with van der Waals surface area (Å²) in [7, 11) is -3.43. The molecule has 0 saturated carbocycles. The highest BCUT2D eigenvalue weighted by Gasteiger charge is 2.30. The monoisotopic (exact) mass is 272 g/mol. The number of aliphatic hydroxyl groups excluding tert-OH is 1. The van der Waals surface area contributed by atoms with Gasteiger partial charge in [-0.2, -0.15) is 4.31 Å². The highest BCUT2D eigenvalue weighted by molar-refractivity contribution is 7.89. The van der Waals surface area contributed by atoms with E-state index >= 15 is 0 Å². The minimum Gasteiger partial charge on any atom is -0.390 e. The number of aromatic nitrogens is 1. The zero-order chi connectivity index (χ0) is 13.2. The van der Waals surface area contributed by atoms with E-state index in [2.05, 4.69) is 4.98 Å². The van der Waals surface area contributed by atoms with Crippen LogP contribution in [0.25, 0.3) is 0 Å². The van der Waals surface area contributed by atoms with Crippen LogP contribution in [0.15, 0.2) is 17.2 Å². The number of aliphatic hydroxyl groups is 1. The molecule has 0 aliphatic carbocycles. The van der Waals surface area contributed by atoms with Gasteiger partial charge in [0.2, 0.25) is 10.0 Å². The van der Waals surface area contributed by atoms with Crippen molar-refractivity contribution in [1.82, 2.24) is 9.29 Å². The predicted molar refractivity (Wildman–Crippen MR) is 68.5 cm³/mol. The van der Waals surface area contributed by atoms with Crippen LogP contribution in [0.5, 0.6) is 0 Å². The molecule has 1 saturated heterocycles. The summed E-state index contributed by atoms with van der Waals surface area (Å²) in [5.41, 5.74) is 0.524. The van der Waals surface area contributed by atoms with Crippen molar-refractivity contribution in [3.63, 3.8) is 0 Å². The van der Waals surface area contributed by atoms with Crippen molar-refractivity contribution in [3.05, 3.63) is 18.0 Å². The molecule has 1 aliphatic rings. The van der Waals surface area contributed by atoms with E-state index in [0.29, 0.717) is 12.2 Å². The summed E-state index contributed by atoms with van der Waals surface area (Å²) < 4.78 is 26.6. The Labute approximate surface area is 108 Å². The standard InChI is InChI=1S/C12H20N2O3S/c1-10-5-3-2-4-6-14(10)18(16,17)12-7-11(9-15)13-8-12/h7-8,10,13,15H,2-6,9H2,1H3. The van der Waals surface area contributed by atoms with Gasteiger partial charge in [-0.1, -0.05) is 12.8 Å². The number of sulfonamides is 1. The first-order valence-corrected chi connectivity index (χ1v) is 7.79. The Morgan fingerprint density at radius 3 is 2.89 bits per heavy atom. The second kappa shape index (κ2) is 5.42. The molecule has 0 bridgehead atoms. The molecule has 1 unspecified atom stereocenters. The van der Waals surface area contributed by atoms with Crippen molar-refractivity contribution < 1.29 is 13.5 Å². The quantitative estimate of drug-likeness (QED) is 0.875. The molecule has 1 aromatic rings. The number of nitrogens with one attached hydrogen (secondary N) is 1. The molecule has 2 rings (SSSR count). The first kappa shape index (κ1) is 13.6. The van der Waals surface area contributed by atoms with Crippen LogP contribution in [-0.2, 0) is 16.6 Å². The normalized spacial score (nSPS) is 22.9. The number of hydrogen-bond acceptors (Lipinski definition) is 3. The molecule has 0 spiro atoms. The van der Waals surface area contributed by atoms with Gasteiger partial charge in [-0.05, 0) is 25.8 Å². The lowest BCUT2D eigenvalue weighted by Crippen LogP contribution is -2.38. The molecule has 1 aromatic heterocycles. The first-order valence-electron chi connectivity index (χ1n) is 6.35. The van der Waals surface area contributed by atoms with Crippen molar-refractivity contribution >= 4 is 10.0 Å². The molecule has 102 valence electrons. The van der Waals surface area contributed by atoms with Crippen molar-refractivity contribution in [2.45, 2.75) is 50.2 Å². The SMILES string of the molecule is CC1CCCCCN1S(=O)(=O)c1c[nH]c(CO)c1. The van der Waals surface area contributed by atoms with Gasteiger partial charge in [0.1, 0.15) is 0 Å². The van der Waals surface area contributed by atoms with E-state index < -0.39 is 10.0 Å². The lowest BCUT2D eigenvalue weighted by atomic mass is 10.1. The summed E-state index contributed by atoms with van der Waals surface area (Å²) in [5, 5.41) is 8.98. The van der Waals surface area contributed by atoms with E-state index in [1.165, 1.54) is 12.3 Å². The summed E-state index contributed by atoms with van der Waals surface area (Å²) in [6, 6.07) is 1.55. The third-order valence-corrected chi connectivity index (χ3v) is 5.48. The minimum atomic E-state index is -3.43. The van der Waals surface area contributed by atoms with E-state index in [1.54, 1.807) is 4.31 Å². The first-order chi connectivity index (χ1) is 8.55. The number of rotatable bonds is 3. The fourth-order valence-electron chi connectivity index (χ4n) is 2.40. The lowest BCUT2D eigenvalue weighted by molar-refractivity contribution is 0.277. The summed E-state index contributed by atoms with van der Waals surface area (Å²) in [6.45, 7) is 2.37. The third kappa shape index (κ3) is 2.60. The second-order valence-corrected chi connectivity index (χ2v) is 6.72. The van der Waals surface area contributed by atoms with Crippen LogP contribution in [0.2, 0.25) is 0 Å². The Hall–Kier alpha value is -0.850. The molecule has 18 heavy (non-hydrogen) atoms. The van der Waals surface area contributed by atoms with Crippen molar-refractivity contribution in [2.24, 2.45) is 0 Å². The molecule has 5 nitrogen and oxygen atoms in total. The van der Waals surface area contributed by atoms with Gasteiger partial charge in [-0.15, -0.1) is 0 Å². The highest BCUT2D eigenvalue weighted by Crippen LogP contribution is 2.24. The zero-order valence-corrected chi connectivity index (χ0v) is 11.4. The van der Waals surface area contributed by atoms with Crippen LogP contribution in [0.3, 0.4) is 0 Å². The van der Waals surface area contributed by atoms with Crippen LogP contribution in [0.1, 0.15) is 38.3 Å². The van der Waals surface area contributed by atoms with E-state index in [1.807, 2.05) is 6.92 Å². The fourth-order valence-corrected chi connectivity index (χ4v) is 4.12. The van der Waals surface area contributed by atoms with Crippen LogP contribution in [0.4, 0.5) is 0 Å². The Kier molecular flexibility index (Phi) is 4.09. The van der Waals surface area contributed by atoms with Crippen LogP contribution >= 0.6 is 0 Å². The van der Waals surface area contributed by atoms with Gasteiger partial charge in [0.15, 0.2) is 0 Å². The summed E-state index contributed by atoms with van der Waals surface area (Å²) in [4.78, 5) is 3.03. The Morgan fingerprint density at radius 1 is 1.44 bits per heavy atom. The molecular formula is C12H20N2O3S. The largest absolute Gasteiger partial charge is 0.390 e. The molecule has 6 heteroatoms. The van der Waals surface area contributed by atoms with E-state index in [0.717, 1.165) is 25.7 Å². The number of aromatic amines is 1. The molecule has 1 atom stereocenters. The van der Waals surface area contributed by atoms with Gasteiger partial charge in [0.25, 0.3) is 0 Å². The fraction of sp³-hybridized carbons (Fsp3) is 0.667. The zero-order valence-electron chi connectivity index (χ0n) is 10.6. The molecule has 1 fully saturated rings. The smallest absolute Gasteiger partial charge is 0.244 e. The summed E-state index contributed by atoms with van der Waals surface area (Å²) in [5.74, 6) is 0. The topological polar surface area (TPSA) is 73.4 Å². The molecule has 1 aliphatic heterocycles. The Bertz CT molecular complexity index is 495. The maximum atomic E-state index is 12.5. The average Bonchev–Trinajstić information content (AvgIpc) is 2.72. The van der Waals surface area contributed by atoms with Crippen molar-refractivity contribution in [3.8, 4) is 0 Å². The Morgan fingerprint density at radius 2 is 2.22 bits per heavy atom. The van der Waals surface area contributed by atoms with Crippen LogP contribution < -0.4 is 0 Å².